The van der Waals surface area contributed by atoms with Crippen molar-refractivity contribution in [1.29, 1.82) is 0 Å². The molecule has 1 aromatic carbocycles. The van der Waals surface area contributed by atoms with E-state index in [1.54, 1.807) is 18.0 Å². The van der Waals surface area contributed by atoms with E-state index in [0.717, 1.165) is 29.6 Å². The van der Waals surface area contributed by atoms with Gasteiger partial charge in [-0.3, -0.25) is 4.79 Å². The zero-order chi connectivity index (χ0) is 23.0. The van der Waals surface area contributed by atoms with Crippen LogP contribution in [0.1, 0.15) is 49.9 Å². The number of nitrogens with zero attached hydrogens (tertiary/aromatic N) is 2. The van der Waals surface area contributed by atoms with Crippen LogP contribution in [0.2, 0.25) is 0 Å². The average Bonchev–Trinajstić information content (AvgIpc) is 3.35. The van der Waals surface area contributed by atoms with Gasteiger partial charge in [0, 0.05) is 36.7 Å². The number of ether oxygens (including phenoxy) is 3. The lowest BCUT2D eigenvalue weighted by Gasteiger charge is -2.31. The maximum atomic E-state index is 13.3. The van der Waals surface area contributed by atoms with Crippen molar-refractivity contribution in [3.8, 4) is 11.5 Å². The number of amides is 1. The molecule has 1 N–H and O–H groups in total. The Kier molecular flexibility index (Phi) is 8.34. The molecular weight excluding hydrogens is 438 g/mol. The molecule has 0 unspecified atom stereocenters. The first-order chi connectivity index (χ1) is 16.2. The van der Waals surface area contributed by atoms with Crippen molar-refractivity contribution in [1.82, 2.24) is 4.98 Å². The van der Waals surface area contributed by atoms with Crippen molar-refractivity contribution >= 4 is 29.0 Å². The molecule has 7 nitrogen and oxygen atoms in total. The first kappa shape index (κ1) is 23.7. The first-order valence-corrected chi connectivity index (χ1v) is 12.8. The summed E-state index contributed by atoms with van der Waals surface area (Å²) in [6.45, 7) is 7.85. The number of pyridine rings is 1. The van der Waals surface area contributed by atoms with Crippen LogP contribution >= 0.6 is 11.8 Å². The van der Waals surface area contributed by atoms with Crippen molar-refractivity contribution < 1.29 is 19.0 Å². The molecule has 1 amide bonds. The summed E-state index contributed by atoms with van der Waals surface area (Å²) in [7, 11) is 0. The summed E-state index contributed by atoms with van der Waals surface area (Å²) in [6, 6.07) is 7.49. The standard InChI is InChI=1S/C25H33N3O4S/c1-3-31-22-17-21(28-12-14-30-15-13-28)23(32-4-2)16-20(22)27-24(29)19-10-7-11-26-25(19)33-18-8-5-6-9-18/h7,10-11,16-18H,3-6,8-9,12-15H2,1-2H3,(H,27,29). The number of anilines is 2. The Labute approximate surface area is 200 Å². The Morgan fingerprint density at radius 1 is 1.15 bits per heavy atom. The maximum Gasteiger partial charge on any atom is 0.258 e. The van der Waals surface area contributed by atoms with Gasteiger partial charge in [-0.25, -0.2) is 4.98 Å². The van der Waals surface area contributed by atoms with Crippen LogP contribution in [0.4, 0.5) is 11.4 Å². The highest BCUT2D eigenvalue weighted by atomic mass is 32.2. The van der Waals surface area contributed by atoms with Crippen LogP contribution < -0.4 is 19.7 Å². The topological polar surface area (TPSA) is 72.9 Å². The second-order valence-corrected chi connectivity index (χ2v) is 9.41. The SMILES string of the molecule is CCOc1cc(N2CCOCC2)c(OCC)cc1NC(=O)c1cccnc1SC1CCCC1. The fourth-order valence-corrected chi connectivity index (χ4v) is 5.55. The second kappa shape index (κ2) is 11.6. The van der Waals surface area contributed by atoms with Crippen LogP contribution in [-0.2, 0) is 4.74 Å². The molecule has 1 aliphatic heterocycles. The number of nitrogens with one attached hydrogen (secondary N) is 1. The van der Waals surface area contributed by atoms with Gasteiger partial charge in [-0.2, -0.15) is 0 Å². The van der Waals surface area contributed by atoms with Crippen molar-refractivity contribution in [2.75, 3.05) is 49.7 Å². The minimum absolute atomic E-state index is 0.189. The number of rotatable bonds is 9. The summed E-state index contributed by atoms with van der Waals surface area (Å²) >= 11 is 1.72. The molecule has 0 bridgehead atoms. The third-order valence-corrected chi connectivity index (χ3v) is 7.21. The van der Waals surface area contributed by atoms with E-state index in [1.807, 2.05) is 38.1 Å². The number of carbonyl (C=O) groups excluding carboxylic acids is 1. The second-order valence-electron chi connectivity index (χ2n) is 8.12. The van der Waals surface area contributed by atoms with Crippen LogP contribution in [-0.4, -0.2) is 55.7 Å². The molecule has 1 saturated carbocycles. The van der Waals surface area contributed by atoms with Crippen LogP contribution in [0.3, 0.4) is 0 Å². The Hall–Kier alpha value is -2.45. The predicted molar refractivity (Wildman–Crippen MR) is 132 cm³/mol. The number of morpholine rings is 1. The predicted octanol–water partition coefficient (Wildman–Crippen LogP) is 5.00. The number of aromatic nitrogens is 1. The summed E-state index contributed by atoms with van der Waals surface area (Å²) in [4.78, 5) is 20.1. The van der Waals surface area contributed by atoms with E-state index < -0.39 is 0 Å². The van der Waals surface area contributed by atoms with Crippen molar-refractivity contribution in [3.05, 3.63) is 36.0 Å². The maximum absolute atomic E-state index is 13.3. The largest absolute Gasteiger partial charge is 0.492 e. The number of carbonyl (C=O) groups is 1. The van der Waals surface area contributed by atoms with Crippen molar-refractivity contribution in [2.45, 2.75) is 49.8 Å². The lowest BCUT2D eigenvalue weighted by Crippen LogP contribution is -2.36. The quantitative estimate of drug-likeness (QED) is 0.551. The molecular formula is C25H33N3O4S. The highest BCUT2D eigenvalue weighted by Crippen LogP contribution is 2.40. The lowest BCUT2D eigenvalue weighted by atomic mass is 10.2. The molecule has 2 aliphatic rings. The molecule has 1 saturated heterocycles. The zero-order valence-electron chi connectivity index (χ0n) is 19.5. The van der Waals surface area contributed by atoms with E-state index in [2.05, 4.69) is 15.2 Å². The smallest absolute Gasteiger partial charge is 0.258 e. The van der Waals surface area contributed by atoms with Gasteiger partial charge in [-0.1, -0.05) is 12.8 Å². The normalized spacial score (nSPS) is 16.6. The van der Waals surface area contributed by atoms with Crippen molar-refractivity contribution in [3.63, 3.8) is 0 Å². The van der Waals surface area contributed by atoms with Gasteiger partial charge >= 0.3 is 0 Å². The molecule has 0 spiro atoms. The van der Waals surface area contributed by atoms with Crippen LogP contribution in [0.5, 0.6) is 11.5 Å². The van der Waals surface area contributed by atoms with Crippen LogP contribution in [0, 0.1) is 0 Å². The first-order valence-electron chi connectivity index (χ1n) is 11.9. The summed E-state index contributed by atoms with van der Waals surface area (Å²) in [5.74, 6) is 1.17. The fourth-order valence-electron chi connectivity index (χ4n) is 4.26. The van der Waals surface area contributed by atoms with Crippen LogP contribution in [0.15, 0.2) is 35.5 Å². The Bertz CT molecular complexity index is 943. The Balaban J connectivity index is 1.61. The number of benzene rings is 1. The van der Waals surface area contributed by atoms with E-state index in [0.29, 0.717) is 48.7 Å². The van der Waals surface area contributed by atoms with Gasteiger partial charge in [0.1, 0.15) is 16.5 Å². The number of thioether (sulfide) groups is 1. The number of hydrogen-bond acceptors (Lipinski definition) is 7. The molecule has 8 heteroatoms. The zero-order valence-corrected chi connectivity index (χ0v) is 20.3. The Morgan fingerprint density at radius 2 is 1.88 bits per heavy atom. The lowest BCUT2D eigenvalue weighted by molar-refractivity contribution is 0.102. The van der Waals surface area contributed by atoms with Gasteiger partial charge in [0.05, 0.1) is 43.4 Å². The van der Waals surface area contributed by atoms with Gasteiger partial charge in [-0.05, 0) is 38.8 Å². The summed E-state index contributed by atoms with van der Waals surface area (Å²) in [5.41, 5.74) is 2.15. The molecule has 4 rings (SSSR count). The Morgan fingerprint density at radius 3 is 2.61 bits per heavy atom. The van der Waals surface area contributed by atoms with E-state index in [-0.39, 0.29) is 5.91 Å². The van der Waals surface area contributed by atoms with Crippen molar-refractivity contribution in [2.24, 2.45) is 0 Å². The molecule has 2 aromatic rings. The summed E-state index contributed by atoms with van der Waals surface area (Å²) in [6.07, 6.45) is 6.61. The minimum atomic E-state index is -0.189. The minimum Gasteiger partial charge on any atom is -0.492 e. The van der Waals surface area contributed by atoms with Crippen LogP contribution in [0.25, 0.3) is 0 Å². The molecule has 2 fully saturated rings. The highest BCUT2D eigenvalue weighted by Gasteiger charge is 2.23. The molecule has 1 aromatic heterocycles. The van der Waals surface area contributed by atoms with E-state index in [9.17, 15) is 4.79 Å². The molecule has 33 heavy (non-hydrogen) atoms. The fraction of sp³-hybridized carbons (Fsp3) is 0.520. The van der Waals surface area contributed by atoms with E-state index in [4.69, 9.17) is 14.2 Å². The molecule has 0 atom stereocenters. The molecule has 178 valence electrons. The van der Waals surface area contributed by atoms with E-state index >= 15 is 0 Å². The monoisotopic (exact) mass is 471 g/mol. The molecule has 0 radical (unpaired) electrons. The van der Waals surface area contributed by atoms with Gasteiger partial charge in [-0.15, -0.1) is 11.8 Å². The summed E-state index contributed by atoms with van der Waals surface area (Å²) < 4.78 is 17.4. The van der Waals surface area contributed by atoms with E-state index in [1.165, 1.54) is 25.7 Å². The van der Waals surface area contributed by atoms with Gasteiger partial charge in [0.15, 0.2) is 0 Å². The van der Waals surface area contributed by atoms with Gasteiger partial charge in [0.25, 0.3) is 5.91 Å². The third kappa shape index (κ3) is 5.92. The summed E-state index contributed by atoms with van der Waals surface area (Å²) in [5, 5.41) is 4.38. The number of hydrogen-bond donors (Lipinski definition) is 1. The van der Waals surface area contributed by atoms with Gasteiger partial charge in [0.2, 0.25) is 0 Å². The molecule has 2 heterocycles. The third-order valence-electron chi connectivity index (χ3n) is 5.86. The molecule has 1 aliphatic carbocycles. The average molecular weight is 472 g/mol. The van der Waals surface area contributed by atoms with Gasteiger partial charge < -0.3 is 24.4 Å². The highest BCUT2D eigenvalue weighted by molar-refractivity contribution is 7.99.